The van der Waals surface area contributed by atoms with Gasteiger partial charge in [0.2, 0.25) is 10.0 Å². The molecule has 0 radical (unpaired) electrons. The van der Waals surface area contributed by atoms with Gasteiger partial charge in [0.25, 0.3) is 5.91 Å². The van der Waals surface area contributed by atoms with Gasteiger partial charge in [0.15, 0.2) is 0 Å². The number of aromatic nitrogens is 1. The van der Waals surface area contributed by atoms with E-state index in [4.69, 9.17) is 0 Å². The number of amides is 1. The molecule has 1 aromatic rings. The minimum Gasteiger partial charge on any atom is -0.480 e. The summed E-state index contributed by atoms with van der Waals surface area (Å²) < 4.78 is 28.3. The number of carboxylic acid groups (broad SMARTS) is 1. The third kappa shape index (κ3) is 4.64. The lowest BCUT2D eigenvalue weighted by Gasteiger charge is -2.25. The fourth-order valence-electron chi connectivity index (χ4n) is 3.08. The molecule has 2 rings (SSSR count). The molecule has 1 saturated heterocycles. The molecule has 146 valence electrons. The first-order chi connectivity index (χ1) is 12.1. The molecule has 1 amide bonds. The van der Waals surface area contributed by atoms with Gasteiger partial charge in [-0.3, -0.25) is 4.79 Å². The third-order valence-electron chi connectivity index (χ3n) is 4.48. The van der Waals surface area contributed by atoms with Crippen LogP contribution in [0.15, 0.2) is 17.2 Å². The SMILES string of the molecule is CC(C)C[C@@H](NC(=O)c1cc(S(=O)(=O)N2CCCCC2)cn1C)C(=O)O. The van der Waals surface area contributed by atoms with Crippen LogP contribution in [0.1, 0.15) is 50.0 Å². The van der Waals surface area contributed by atoms with Crippen molar-refractivity contribution < 1.29 is 23.1 Å². The van der Waals surface area contributed by atoms with Gasteiger partial charge in [-0.2, -0.15) is 4.31 Å². The number of rotatable bonds is 7. The molecule has 8 nitrogen and oxygen atoms in total. The molecule has 1 atom stereocenters. The Morgan fingerprint density at radius 2 is 1.85 bits per heavy atom. The normalized spacial score (nSPS) is 17.2. The van der Waals surface area contributed by atoms with Crippen LogP contribution in [0.5, 0.6) is 0 Å². The van der Waals surface area contributed by atoms with Crippen molar-refractivity contribution in [2.45, 2.75) is 50.5 Å². The number of hydrogen-bond donors (Lipinski definition) is 2. The van der Waals surface area contributed by atoms with Gasteiger partial charge >= 0.3 is 5.97 Å². The van der Waals surface area contributed by atoms with E-state index in [0.29, 0.717) is 19.5 Å². The number of sulfonamides is 1. The van der Waals surface area contributed by atoms with Crippen LogP contribution >= 0.6 is 0 Å². The zero-order valence-corrected chi connectivity index (χ0v) is 16.3. The van der Waals surface area contributed by atoms with E-state index in [0.717, 1.165) is 19.3 Å². The molecule has 0 bridgehead atoms. The average molecular weight is 385 g/mol. The Balaban J connectivity index is 2.21. The van der Waals surface area contributed by atoms with Gasteiger partial charge in [-0.05, 0) is 31.2 Å². The Labute approximate surface area is 154 Å². The molecule has 0 aliphatic carbocycles. The van der Waals surface area contributed by atoms with Gasteiger partial charge < -0.3 is 15.0 Å². The molecular weight excluding hydrogens is 358 g/mol. The predicted molar refractivity (Wildman–Crippen MR) is 96.4 cm³/mol. The van der Waals surface area contributed by atoms with Crippen LogP contribution in [0, 0.1) is 5.92 Å². The first-order valence-corrected chi connectivity index (χ1v) is 10.3. The Kier molecular flexibility index (Phi) is 6.46. The third-order valence-corrected chi connectivity index (χ3v) is 6.34. The van der Waals surface area contributed by atoms with Gasteiger partial charge in [0.05, 0.1) is 0 Å². The zero-order chi connectivity index (χ0) is 19.5. The number of carbonyl (C=O) groups excluding carboxylic acids is 1. The molecule has 2 N–H and O–H groups in total. The highest BCUT2D eigenvalue weighted by atomic mass is 32.2. The molecule has 0 aromatic carbocycles. The first-order valence-electron chi connectivity index (χ1n) is 8.83. The molecule has 2 heterocycles. The number of carboxylic acids is 1. The summed E-state index contributed by atoms with van der Waals surface area (Å²) in [5, 5.41) is 11.7. The van der Waals surface area contributed by atoms with Crippen molar-refractivity contribution in [3.05, 3.63) is 18.0 Å². The summed E-state index contributed by atoms with van der Waals surface area (Å²) in [5.74, 6) is -1.61. The van der Waals surface area contributed by atoms with Gasteiger partial charge in [-0.1, -0.05) is 20.3 Å². The smallest absolute Gasteiger partial charge is 0.326 e. The number of nitrogens with zero attached hydrogens (tertiary/aromatic N) is 2. The Hall–Kier alpha value is -1.87. The number of aliphatic carboxylic acids is 1. The number of carbonyl (C=O) groups is 2. The lowest BCUT2D eigenvalue weighted by atomic mass is 10.0. The van der Waals surface area contributed by atoms with E-state index in [1.165, 1.54) is 21.1 Å². The summed E-state index contributed by atoms with van der Waals surface area (Å²) in [5.41, 5.74) is 0.121. The predicted octanol–water partition coefficient (Wildman–Crippen LogP) is 1.43. The van der Waals surface area contributed by atoms with Crippen molar-refractivity contribution in [2.24, 2.45) is 13.0 Å². The van der Waals surface area contributed by atoms with E-state index in [-0.39, 0.29) is 16.5 Å². The number of nitrogens with one attached hydrogen (secondary N) is 1. The highest BCUT2D eigenvalue weighted by molar-refractivity contribution is 7.89. The quantitative estimate of drug-likeness (QED) is 0.738. The van der Waals surface area contributed by atoms with E-state index >= 15 is 0 Å². The molecule has 1 aromatic heterocycles. The van der Waals surface area contributed by atoms with Crippen molar-refractivity contribution in [3.63, 3.8) is 0 Å². The topological polar surface area (TPSA) is 109 Å². The summed E-state index contributed by atoms with van der Waals surface area (Å²) >= 11 is 0. The summed E-state index contributed by atoms with van der Waals surface area (Å²) in [4.78, 5) is 23.9. The molecule has 1 aliphatic rings. The number of hydrogen-bond acceptors (Lipinski definition) is 4. The van der Waals surface area contributed by atoms with Crippen molar-refractivity contribution in [3.8, 4) is 0 Å². The maximum atomic E-state index is 12.7. The molecular formula is C17H27N3O5S. The number of aryl methyl sites for hydroxylation is 1. The monoisotopic (exact) mass is 385 g/mol. The Morgan fingerprint density at radius 1 is 1.23 bits per heavy atom. The van der Waals surface area contributed by atoms with Crippen LogP contribution in [-0.4, -0.2) is 53.4 Å². The first kappa shape index (κ1) is 20.4. The second-order valence-corrected chi connectivity index (χ2v) is 9.07. The lowest BCUT2D eigenvalue weighted by Crippen LogP contribution is -2.42. The molecule has 0 spiro atoms. The lowest BCUT2D eigenvalue weighted by molar-refractivity contribution is -0.139. The van der Waals surface area contributed by atoms with Crippen molar-refractivity contribution in [2.75, 3.05) is 13.1 Å². The largest absolute Gasteiger partial charge is 0.480 e. The van der Waals surface area contributed by atoms with Gasteiger partial charge in [-0.15, -0.1) is 0 Å². The van der Waals surface area contributed by atoms with Crippen molar-refractivity contribution >= 4 is 21.9 Å². The fraction of sp³-hybridized carbons (Fsp3) is 0.647. The van der Waals surface area contributed by atoms with Gasteiger partial charge in [-0.25, -0.2) is 13.2 Å². The summed E-state index contributed by atoms with van der Waals surface area (Å²) in [6, 6.07) is 0.299. The van der Waals surface area contributed by atoms with Crippen LogP contribution in [-0.2, 0) is 21.9 Å². The van der Waals surface area contributed by atoms with Crippen molar-refractivity contribution in [1.29, 1.82) is 0 Å². The zero-order valence-electron chi connectivity index (χ0n) is 15.4. The van der Waals surface area contributed by atoms with Gasteiger partial charge in [0.1, 0.15) is 16.6 Å². The van der Waals surface area contributed by atoms with Gasteiger partial charge in [0, 0.05) is 26.3 Å². The van der Waals surface area contributed by atoms with Crippen LogP contribution < -0.4 is 5.32 Å². The molecule has 26 heavy (non-hydrogen) atoms. The van der Waals surface area contributed by atoms with Crippen LogP contribution in [0.25, 0.3) is 0 Å². The van der Waals surface area contributed by atoms with Crippen LogP contribution in [0.4, 0.5) is 0 Å². The summed E-state index contributed by atoms with van der Waals surface area (Å²) in [6.45, 7) is 4.70. The Bertz CT molecular complexity index is 763. The molecule has 1 aliphatic heterocycles. The summed E-state index contributed by atoms with van der Waals surface area (Å²) in [6.07, 6.45) is 4.37. The van der Waals surface area contributed by atoms with E-state index in [2.05, 4.69) is 5.32 Å². The highest BCUT2D eigenvalue weighted by Gasteiger charge is 2.29. The maximum Gasteiger partial charge on any atom is 0.326 e. The fourth-order valence-corrected chi connectivity index (χ4v) is 4.67. The van der Waals surface area contributed by atoms with E-state index in [9.17, 15) is 23.1 Å². The number of piperidine rings is 1. The van der Waals surface area contributed by atoms with Crippen molar-refractivity contribution in [1.82, 2.24) is 14.2 Å². The van der Waals surface area contributed by atoms with Crippen LogP contribution in [0.3, 0.4) is 0 Å². The minimum atomic E-state index is -3.64. The van der Waals surface area contributed by atoms with E-state index in [1.807, 2.05) is 13.8 Å². The van der Waals surface area contributed by atoms with Crippen LogP contribution in [0.2, 0.25) is 0 Å². The maximum absolute atomic E-state index is 12.7. The van der Waals surface area contributed by atoms with E-state index < -0.39 is 27.9 Å². The highest BCUT2D eigenvalue weighted by Crippen LogP contribution is 2.22. The minimum absolute atomic E-state index is 0.0581. The Morgan fingerprint density at radius 3 is 2.38 bits per heavy atom. The summed E-state index contributed by atoms with van der Waals surface area (Å²) in [7, 11) is -2.07. The van der Waals surface area contributed by atoms with E-state index in [1.54, 1.807) is 7.05 Å². The molecule has 9 heteroatoms. The second kappa shape index (κ2) is 8.22. The molecule has 1 fully saturated rings. The molecule has 0 unspecified atom stereocenters. The standard InChI is InChI=1S/C17H27N3O5S/c1-12(2)9-14(17(22)23)18-16(21)15-10-13(11-19(15)3)26(24,25)20-7-5-4-6-8-20/h10-12,14H,4-9H2,1-3H3,(H,18,21)(H,22,23)/t14-/m1/s1. The second-order valence-electron chi connectivity index (χ2n) is 7.13. The average Bonchev–Trinajstić information content (AvgIpc) is 2.97. The molecule has 0 saturated carbocycles.